The number of halogens is 1. The molecule has 3 rings (SSSR count). The minimum atomic E-state index is -3.75. The van der Waals surface area contributed by atoms with Gasteiger partial charge in [-0.15, -0.1) is 3.98 Å². The van der Waals surface area contributed by atoms with Gasteiger partial charge in [0.2, 0.25) is 0 Å². The van der Waals surface area contributed by atoms with Gasteiger partial charge in [-0.1, -0.05) is 41.9 Å². The second-order valence-corrected chi connectivity index (χ2v) is 7.68. The Balaban J connectivity index is 2.05. The zero-order chi connectivity index (χ0) is 17.2. The maximum absolute atomic E-state index is 13.1. The Kier molecular flexibility index (Phi) is 4.78. The molecule has 24 heavy (non-hydrogen) atoms. The van der Waals surface area contributed by atoms with E-state index >= 15 is 0 Å². The zero-order valence-electron chi connectivity index (χ0n) is 13.2. The summed E-state index contributed by atoms with van der Waals surface area (Å²) in [4.78, 5) is 0.0757. The molecule has 0 spiro atoms. The van der Waals surface area contributed by atoms with E-state index in [9.17, 15) is 8.42 Å². The highest BCUT2D eigenvalue weighted by Crippen LogP contribution is 2.28. The number of hydrogen-bond acceptors (Lipinski definition) is 4. The third kappa shape index (κ3) is 3.25. The van der Waals surface area contributed by atoms with Gasteiger partial charge in [-0.3, -0.25) is 5.32 Å². The summed E-state index contributed by atoms with van der Waals surface area (Å²) < 4.78 is 32.8. The fourth-order valence-corrected chi connectivity index (χ4v) is 4.61. The van der Waals surface area contributed by atoms with Gasteiger partial charge in [-0.2, -0.15) is 8.42 Å². The maximum atomic E-state index is 13.1. The molecule has 1 heterocycles. The molecule has 7 heteroatoms. The van der Waals surface area contributed by atoms with Crippen LogP contribution in [-0.4, -0.2) is 38.4 Å². The highest BCUT2D eigenvalue weighted by Gasteiger charge is 2.35. The van der Waals surface area contributed by atoms with Gasteiger partial charge in [0.05, 0.1) is 13.5 Å². The summed E-state index contributed by atoms with van der Waals surface area (Å²) in [6.45, 7) is 0.949. The van der Waals surface area contributed by atoms with E-state index in [0.29, 0.717) is 30.4 Å². The van der Waals surface area contributed by atoms with Crippen molar-refractivity contribution in [2.75, 3.05) is 20.2 Å². The zero-order valence-corrected chi connectivity index (χ0v) is 14.8. The lowest BCUT2D eigenvalue weighted by atomic mass is 10.1. The molecule has 0 atom stereocenters. The Morgan fingerprint density at radius 1 is 1.21 bits per heavy atom. The molecule has 0 saturated carbocycles. The van der Waals surface area contributed by atoms with Gasteiger partial charge in [-0.05, 0) is 23.8 Å². The summed E-state index contributed by atoms with van der Waals surface area (Å²) >= 11 is 5.99. The number of benzene rings is 2. The molecule has 2 aromatic rings. The number of hydrogen-bond donors (Lipinski definition) is 1. The minimum Gasteiger partial charge on any atom is -0.495 e. The molecule has 0 radical (unpaired) electrons. The average molecular weight is 366 g/mol. The lowest BCUT2D eigenvalue weighted by Gasteiger charge is -2.10. The van der Waals surface area contributed by atoms with Crippen LogP contribution in [-0.2, 0) is 16.4 Å². The molecule has 2 aromatic carbocycles. The predicted molar refractivity (Wildman–Crippen MR) is 93.5 cm³/mol. The van der Waals surface area contributed by atoms with Crippen molar-refractivity contribution < 1.29 is 17.1 Å². The summed E-state index contributed by atoms with van der Waals surface area (Å²) in [5, 5.41) is 3.53. The van der Waals surface area contributed by atoms with Crippen molar-refractivity contribution in [3.63, 3.8) is 0 Å². The number of ether oxygens (including phenoxy) is 1. The SMILES string of the molecule is COc1ccc(Cl)cc1S(=O)(=O)[N+]1=C(Cc2ccccc2)NCC1. The van der Waals surface area contributed by atoms with Crippen molar-refractivity contribution in [2.45, 2.75) is 11.3 Å². The first-order valence-corrected chi connectivity index (χ1v) is 9.34. The summed E-state index contributed by atoms with van der Waals surface area (Å²) in [5.41, 5.74) is 1.04. The van der Waals surface area contributed by atoms with E-state index < -0.39 is 10.0 Å². The average Bonchev–Trinajstić information content (AvgIpc) is 3.04. The van der Waals surface area contributed by atoms with E-state index in [2.05, 4.69) is 5.32 Å². The number of nitrogens with zero attached hydrogens (tertiary/aromatic N) is 1. The molecule has 1 aliphatic heterocycles. The molecule has 0 amide bonds. The van der Waals surface area contributed by atoms with E-state index in [1.807, 2.05) is 30.3 Å². The molecule has 1 aliphatic rings. The third-order valence-corrected chi connectivity index (χ3v) is 5.95. The monoisotopic (exact) mass is 365 g/mol. The van der Waals surface area contributed by atoms with E-state index in [1.54, 1.807) is 12.1 Å². The van der Waals surface area contributed by atoms with Crippen LogP contribution < -0.4 is 10.1 Å². The van der Waals surface area contributed by atoms with Crippen LogP contribution in [0.5, 0.6) is 5.75 Å². The predicted octanol–water partition coefficient (Wildman–Crippen LogP) is 2.29. The van der Waals surface area contributed by atoms with E-state index in [-0.39, 0.29) is 10.6 Å². The topological polar surface area (TPSA) is 58.4 Å². The molecule has 0 aliphatic carbocycles. The van der Waals surface area contributed by atoms with Crippen LogP contribution in [0.4, 0.5) is 0 Å². The van der Waals surface area contributed by atoms with Crippen molar-refractivity contribution in [3.8, 4) is 5.75 Å². The van der Waals surface area contributed by atoms with Crippen LogP contribution in [0.3, 0.4) is 0 Å². The smallest absolute Gasteiger partial charge is 0.334 e. The molecule has 1 N–H and O–H groups in total. The molecular weight excluding hydrogens is 348 g/mol. The lowest BCUT2D eigenvalue weighted by Crippen LogP contribution is -2.29. The molecule has 0 unspecified atom stereocenters. The highest BCUT2D eigenvalue weighted by molar-refractivity contribution is 7.85. The van der Waals surface area contributed by atoms with Gasteiger partial charge >= 0.3 is 10.0 Å². The van der Waals surface area contributed by atoms with Crippen molar-refractivity contribution in [1.29, 1.82) is 0 Å². The minimum absolute atomic E-state index is 0.0757. The van der Waals surface area contributed by atoms with Gasteiger partial charge in [0.1, 0.15) is 18.8 Å². The normalized spacial score (nSPS) is 14.6. The van der Waals surface area contributed by atoms with E-state index in [0.717, 1.165) is 5.56 Å². The Bertz CT molecular complexity index is 880. The quantitative estimate of drug-likeness (QED) is 0.826. The molecule has 0 saturated heterocycles. The van der Waals surface area contributed by atoms with Gasteiger partial charge < -0.3 is 4.74 Å². The van der Waals surface area contributed by atoms with Gasteiger partial charge in [-0.25, -0.2) is 0 Å². The van der Waals surface area contributed by atoms with E-state index in [4.69, 9.17) is 16.3 Å². The Labute approximate surface area is 146 Å². The molecule has 0 aromatic heterocycles. The third-order valence-electron chi connectivity index (χ3n) is 3.85. The largest absolute Gasteiger partial charge is 0.495 e. The molecule has 5 nitrogen and oxygen atoms in total. The number of amidine groups is 1. The van der Waals surface area contributed by atoms with Crippen molar-refractivity contribution in [3.05, 3.63) is 59.1 Å². The Hall–Kier alpha value is -2.05. The molecule has 0 fully saturated rings. The Morgan fingerprint density at radius 2 is 1.96 bits per heavy atom. The first kappa shape index (κ1) is 16.8. The summed E-state index contributed by atoms with van der Waals surface area (Å²) in [6.07, 6.45) is 0.517. The highest BCUT2D eigenvalue weighted by atomic mass is 35.5. The molecular formula is C17H18ClN2O3S+. The second kappa shape index (κ2) is 6.83. The molecule has 126 valence electrons. The standard InChI is InChI=1S/C17H17ClN2O3S/c1-23-15-8-7-14(18)12-16(15)24(21,22)20-10-9-19-17(20)11-13-5-3-2-4-6-13/h2-8,12H,9-11H2,1H3/p+1. The van der Waals surface area contributed by atoms with Crippen LogP contribution in [0.2, 0.25) is 5.02 Å². The summed E-state index contributed by atoms with van der Waals surface area (Å²) in [5.74, 6) is 0.939. The Morgan fingerprint density at radius 3 is 2.67 bits per heavy atom. The first-order valence-electron chi connectivity index (χ1n) is 7.52. The van der Waals surface area contributed by atoms with Crippen LogP contribution in [0, 0.1) is 0 Å². The lowest BCUT2D eigenvalue weighted by molar-refractivity contribution is -0.354. The van der Waals surface area contributed by atoms with Crippen LogP contribution >= 0.6 is 11.6 Å². The van der Waals surface area contributed by atoms with Gasteiger partial charge in [0, 0.05) is 5.02 Å². The second-order valence-electron chi connectivity index (χ2n) is 5.41. The number of nitrogens with one attached hydrogen (secondary N) is 1. The van der Waals surface area contributed by atoms with Crippen molar-refractivity contribution in [2.24, 2.45) is 0 Å². The van der Waals surface area contributed by atoms with Gasteiger partial charge in [0.15, 0.2) is 4.90 Å². The van der Waals surface area contributed by atoms with E-state index in [1.165, 1.54) is 17.2 Å². The molecule has 0 bridgehead atoms. The van der Waals surface area contributed by atoms with Crippen molar-refractivity contribution >= 4 is 27.5 Å². The number of sulfonamides is 1. The number of rotatable bonds is 5. The summed E-state index contributed by atoms with van der Waals surface area (Å²) in [7, 11) is -2.31. The summed E-state index contributed by atoms with van der Waals surface area (Å²) in [6, 6.07) is 14.3. The fraction of sp³-hybridized carbons (Fsp3) is 0.235. The number of methoxy groups -OCH3 is 1. The van der Waals surface area contributed by atoms with Gasteiger partial charge in [0.25, 0.3) is 5.84 Å². The fourth-order valence-electron chi connectivity index (χ4n) is 2.70. The van der Waals surface area contributed by atoms with Crippen LogP contribution in [0.25, 0.3) is 0 Å². The van der Waals surface area contributed by atoms with Crippen LogP contribution in [0.1, 0.15) is 5.56 Å². The van der Waals surface area contributed by atoms with Crippen LogP contribution in [0.15, 0.2) is 53.4 Å². The maximum Gasteiger partial charge on any atom is 0.334 e. The first-order chi connectivity index (χ1) is 11.5. The van der Waals surface area contributed by atoms with Crippen molar-refractivity contribution in [1.82, 2.24) is 5.32 Å².